The molecule has 0 saturated heterocycles. The summed E-state index contributed by atoms with van der Waals surface area (Å²) in [5.41, 5.74) is 7.30. The number of fused-ring (bicyclic) bond motifs is 17. The van der Waals surface area contributed by atoms with Crippen molar-refractivity contribution in [3.8, 4) is 0 Å². The highest BCUT2D eigenvalue weighted by Gasteiger charge is 2.00. The van der Waals surface area contributed by atoms with Crippen molar-refractivity contribution in [3.63, 3.8) is 0 Å². The molecule has 5 nitrogen and oxygen atoms in total. The van der Waals surface area contributed by atoms with Gasteiger partial charge in [-0.05, 0) is 40.3 Å². The fourth-order valence-corrected chi connectivity index (χ4v) is 3.56. The molecular weight excluding hydrogens is 424 g/mol. The van der Waals surface area contributed by atoms with Gasteiger partial charge in [0.05, 0.1) is 39.6 Å². The summed E-state index contributed by atoms with van der Waals surface area (Å²) < 4.78 is 17.0. The Labute approximate surface area is 204 Å². The van der Waals surface area contributed by atoms with Crippen molar-refractivity contribution < 1.29 is 14.2 Å². The van der Waals surface area contributed by atoms with Gasteiger partial charge in [-0.15, -0.1) is 0 Å². The fraction of sp³-hybridized carbons (Fsp3) is 0.379. The minimum Gasteiger partial charge on any atom is -0.377 e. The molecule has 0 amide bonds. The van der Waals surface area contributed by atoms with Gasteiger partial charge in [0.15, 0.2) is 0 Å². The number of rotatable bonds is 1. The van der Waals surface area contributed by atoms with E-state index in [1.54, 1.807) is 0 Å². The van der Waals surface area contributed by atoms with Gasteiger partial charge >= 0.3 is 0 Å². The molecule has 0 fully saturated rings. The van der Waals surface area contributed by atoms with Crippen molar-refractivity contribution >= 4 is 0 Å². The molecule has 0 radical (unpaired) electrons. The molecule has 2 heterocycles. The molecule has 0 aromatic heterocycles. The Morgan fingerprint density at radius 2 is 1.26 bits per heavy atom. The summed E-state index contributed by atoms with van der Waals surface area (Å²) in [6.07, 6.45) is 6.09. The maximum atomic E-state index is 5.73. The topological polar surface area (TPSA) is 51.8 Å². The summed E-state index contributed by atoms with van der Waals surface area (Å²) in [5.74, 6) is 0. The Morgan fingerprint density at radius 3 is 1.97 bits per heavy atom. The second-order valence-corrected chi connectivity index (χ2v) is 8.52. The van der Waals surface area contributed by atoms with Crippen molar-refractivity contribution in [1.29, 1.82) is 0 Å². The third-order valence-electron chi connectivity index (χ3n) is 5.52. The Bertz CT molecular complexity index is 935. The fourth-order valence-electron chi connectivity index (χ4n) is 3.56. The van der Waals surface area contributed by atoms with Crippen LogP contribution in [-0.4, -0.2) is 39.6 Å². The van der Waals surface area contributed by atoms with Crippen LogP contribution in [0.2, 0.25) is 0 Å². The van der Waals surface area contributed by atoms with Gasteiger partial charge in [-0.3, -0.25) is 0 Å². The van der Waals surface area contributed by atoms with Gasteiger partial charge in [0.2, 0.25) is 0 Å². The summed E-state index contributed by atoms with van der Waals surface area (Å²) in [7, 11) is 0. The van der Waals surface area contributed by atoms with E-state index < -0.39 is 0 Å². The highest BCUT2D eigenvalue weighted by atomic mass is 16.5. The van der Waals surface area contributed by atoms with Gasteiger partial charge in [0.25, 0.3) is 0 Å². The summed E-state index contributed by atoms with van der Waals surface area (Å²) >= 11 is 0. The average molecular weight is 463 g/mol. The molecule has 2 aliphatic heterocycles. The normalized spacial score (nSPS) is 21.1. The van der Waals surface area contributed by atoms with Crippen LogP contribution >= 0.6 is 0 Å². The standard InChI is InChI=1S/C29H38N2O3/c1-3-25-8-7-24(2)22-33-15-13-32-14-16-34-23-27-11-9-26(10-12-27)19-31-21-29-6-4-5-28(17-29)20-30-18-25/h3-12,17,30-31H,1,13-16,18-23H2,2H3/b24-7+,25-8+. The van der Waals surface area contributed by atoms with Crippen LogP contribution in [0.4, 0.5) is 0 Å². The number of hydrogen-bond donors (Lipinski definition) is 2. The third kappa shape index (κ3) is 10.2. The lowest BCUT2D eigenvalue weighted by Crippen LogP contribution is -2.17. The first-order valence-electron chi connectivity index (χ1n) is 12.0. The Kier molecular flexibility index (Phi) is 11.8. The number of benzene rings is 2. The summed E-state index contributed by atoms with van der Waals surface area (Å²) in [4.78, 5) is 0. The molecule has 4 bridgehead atoms. The van der Waals surface area contributed by atoms with Gasteiger partial charge in [-0.1, -0.05) is 73.3 Å². The van der Waals surface area contributed by atoms with E-state index in [1.807, 2.05) is 6.08 Å². The molecule has 0 spiro atoms. The van der Waals surface area contributed by atoms with Crippen LogP contribution in [0.5, 0.6) is 0 Å². The Hall–Kier alpha value is -2.54. The van der Waals surface area contributed by atoms with Gasteiger partial charge in [0.1, 0.15) is 0 Å². The largest absolute Gasteiger partial charge is 0.377 e. The summed E-state index contributed by atoms with van der Waals surface area (Å²) in [6, 6.07) is 17.3. The van der Waals surface area contributed by atoms with Crippen LogP contribution < -0.4 is 10.6 Å². The molecule has 2 aromatic rings. The van der Waals surface area contributed by atoms with E-state index >= 15 is 0 Å². The first-order chi connectivity index (χ1) is 16.7. The first kappa shape index (κ1) is 26.1. The Balaban J connectivity index is 1.59. The zero-order valence-corrected chi connectivity index (χ0v) is 20.4. The van der Waals surface area contributed by atoms with E-state index in [0.29, 0.717) is 39.6 Å². The third-order valence-corrected chi connectivity index (χ3v) is 5.52. The number of allylic oxidation sites excluding steroid dienone is 2. The molecule has 34 heavy (non-hydrogen) atoms. The van der Waals surface area contributed by atoms with Crippen LogP contribution in [0, 0.1) is 0 Å². The van der Waals surface area contributed by atoms with Crippen molar-refractivity contribution in [2.45, 2.75) is 33.2 Å². The van der Waals surface area contributed by atoms with Crippen molar-refractivity contribution in [1.82, 2.24) is 10.6 Å². The second kappa shape index (κ2) is 15.4. The molecule has 0 aliphatic carbocycles. The van der Waals surface area contributed by atoms with Crippen LogP contribution in [0.1, 0.15) is 29.2 Å². The lowest BCUT2D eigenvalue weighted by atomic mass is 10.1. The Morgan fingerprint density at radius 1 is 0.676 bits per heavy atom. The van der Waals surface area contributed by atoms with Gasteiger partial charge in [0, 0.05) is 26.2 Å². The van der Waals surface area contributed by atoms with E-state index in [9.17, 15) is 0 Å². The molecule has 182 valence electrons. The maximum absolute atomic E-state index is 5.73. The summed E-state index contributed by atoms with van der Waals surface area (Å²) in [5, 5.41) is 7.07. The van der Waals surface area contributed by atoms with Gasteiger partial charge < -0.3 is 24.8 Å². The van der Waals surface area contributed by atoms with E-state index in [1.165, 1.54) is 22.3 Å². The number of hydrogen-bond acceptors (Lipinski definition) is 5. The lowest BCUT2D eigenvalue weighted by molar-refractivity contribution is 0.0143. The van der Waals surface area contributed by atoms with E-state index in [4.69, 9.17) is 14.2 Å². The lowest BCUT2D eigenvalue weighted by Gasteiger charge is -2.10. The highest BCUT2D eigenvalue weighted by Crippen LogP contribution is 2.09. The molecule has 2 N–H and O–H groups in total. The van der Waals surface area contributed by atoms with Crippen LogP contribution in [0.25, 0.3) is 0 Å². The van der Waals surface area contributed by atoms with Crippen molar-refractivity contribution in [2.24, 2.45) is 0 Å². The van der Waals surface area contributed by atoms with Crippen molar-refractivity contribution in [2.75, 3.05) is 39.6 Å². The summed E-state index contributed by atoms with van der Waals surface area (Å²) in [6.45, 7) is 12.7. The zero-order chi connectivity index (χ0) is 23.8. The molecule has 2 aliphatic rings. The predicted octanol–water partition coefficient (Wildman–Crippen LogP) is 4.69. The molecule has 5 heteroatoms. The molecule has 4 rings (SSSR count). The second-order valence-electron chi connectivity index (χ2n) is 8.52. The average Bonchev–Trinajstić information content (AvgIpc) is 2.85. The van der Waals surface area contributed by atoms with Crippen molar-refractivity contribution in [3.05, 3.63) is 107 Å². The van der Waals surface area contributed by atoms with Gasteiger partial charge in [-0.25, -0.2) is 0 Å². The molecule has 0 unspecified atom stereocenters. The van der Waals surface area contributed by atoms with Crippen LogP contribution in [-0.2, 0) is 40.5 Å². The zero-order valence-electron chi connectivity index (χ0n) is 20.4. The molecular formula is C29H38N2O3. The number of ether oxygens (including phenoxy) is 3. The van der Waals surface area contributed by atoms with E-state index in [2.05, 4.69) is 84.8 Å². The minimum absolute atomic E-state index is 0.567. The SMILES string of the molecule is C=C/C1=C\C=C(/C)COCCOCCOCc2ccc(cc2)CNCc2cccc(c2)CNC1. The molecule has 2 aromatic carbocycles. The van der Waals surface area contributed by atoms with Gasteiger partial charge in [-0.2, -0.15) is 0 Å². The maximum Gasteiger partial charge on any atom is 0.0718 e. The molecule has 0 atom stereocenters. The number of nitrogens with one attached hydrogen (secondary N) is 2. The van der Waals surface area contributed by atoms with E-state index in [0.717, 1.165) is 37.3 Å². The quantitative estimate of drug-likeness (QED) is 0.603. The minimum atomic E-state index is 0.567. The predicted molar refractivity (Wildman–Crippen MR) is 138 cm³/mol. The first-order valence-corrected chi connectivity index (χ1v) is 12.0. The molecule has 0 saturated carbocycles. The smallest absolute Gasteiger partial charge is 0.0718 e. The van der Waals surface area contributed by atoms with Crippen LogP contribution in [0.3, 0.4) is 0 Å². The van der Waals surface area contributed by atoms with E-state index in [-0.39, 0.29) is 0 Å². The highest BCUT2D eigenvalue weighted by molar-refractivity contribution is 5.27. The monoisotopic (exact) mass is 462 g/mol. The van der Waals surface area contributed by atoms with Crippen LogP contribution in [0.15, 0.2) is 84.5 Å².